The number of aromatic nitrogens is 2. The first-order valence-electron chi connectivity index (χ1n) is 7.35. The Balaban J connectivity index is 1.93. The molecule has 0 fully saturated rings. The zero-order chi connectivity index (χ0) is 18.0. The number of para-hydroxylation sites is 1. The van der Waals surface area contributed by atoms with Crippen molar-refractivity contribution in [3.63, 3.8) is 0 Å². The third kappa shape index (κ3) is 3.62. The predicted octanol–water partition coefficient (Wildman–Crippen LogP) is 2.93. The summed E-state index contributed by atoms with van der Waals surface area (Å²) in [7, 11) is -3.91. The molecule has 0 aliphatic heterocycles. The van der Waals surface area contributed by atoms with E-state index in [1.807, 2.05) is 0 Å². The van der Waals surface area contributed by atoms with Crippen molar-refractivity contribution in [2.45, 2.75) is 17.7 Å². The van der Waals surface area contributed by atoms with Crippen LogP contribution in [0.4, 0.5) is 10.1 Å². The summed E-state index contributed by atoms with van der Waals surface area (Å²) in [6, 6.07) is 9.91. The first-order chi connectivity index (χ1) is 11.9. The molecule has 0 radical (unpaired) electrons. The van der Waals surface area contributed by atoms with Crippen LogP contribution in [0.1, 0.15) is 6.92 Å². The quantitative estimate of drug-likeness (QED) is 0.739. The lowest BCUT2D eigenvalue weighted by Gasteiger charge is -2.06. The lowest BCUT2D eigenvalue weighted by molar-refractivity contribution is 0.600. The van der Waals surface area contributed by atoms with E-state index in [4.69, 9.17) is 0 Å². The molecule has 130 valence electrons. The van der Waals surface area contributed by atoms with Gasteiger partial charge in [0, 0.05) is 23.6 Å². The van der Waals surface area contributed by atoms with E-state index < -0.39 is 15.8 Å². The summed E-state index contributed by atoms with van der Waals surface area (Å²) in [6.07, 6.45) is 0. The van der Waals surface area contributed by atoms with E-state index in [0.29, 0.717) is 17.8 Å². The summed E-state index contributed by atoms with van der Waals surface area (Å²) in [4.78, 5) is 11.6. The maximum atomic E-state index is 13.7. The maximum absolute atomic E-state index is 13.7. The molecule has 0 saturated carbocycles. The van der Waals surface area contributed by atoms with Gasteiger partial charge in [-0.15, -0.1) is 11.3 Å². The lowest BCUT2D eigenvalue weighted by atomic mass is 10.2. The second kappa shape index (κ2) is 6.77. The summed E-state index contributed by atoms with van der Waals surface area (Å²) in [6.45, 7) is 2.21. The van der Waals surface area contributed by atoms with Gasteiger partial charge in [0.1, 0.15) is 10.0 Å². The molecule has 0 aliphatic carbocycles. The van der Waals surface area contributed by atoms with Crippen LogP contribution in [-0.4, -0.2) is 18.2 Å². The molecule has 1 aromatic carbocycles. The highest BCUT2D eigenvalue weighted by Gasteiger charge is 2.19. The third-order valence-corrected chi connectivity index (χ3v) is 6.23. The van der Waals surface area contributed by atoms with Crippen molar-refractivity contribution < 1.29 is 12.8 Å². The summed E-state index contributed by atoms with van der Waals surface area (Å²) in [5.74, 6) is -0.653. The van der Waals surface area contributed by atoms with Crippen molar-refractivity contribution >= 4 is 27.0 Å². The molecule has 0 bridgehead atoms. The first-order valence-corrected chi connectivity index (χ1v) is 9.71. The molecule has 25 heavy (non-hydrogen) atoms. The smallest absolute Gasteiger partial charge is 0.271 e. The Bertz CT molecular complexity index is 1070. The predicted molar refractivity (Wildman–Crippen MR) is 94.7 cm³/mol. The van der Waals surface area contributed by atoms with Gasteiger partial charge in [0.25, 0.3) is 15.6 Å². The topological polar surface area (TPSA) is 81.1 Å². The third-order valence-electron chi connectivity index (χ3n) is 3.42. The van der Waals surface area contributed by atoms with E-state index >= 15 is 0 Å². The largest absolute Gasteiger partial charge is 0.276 e. The molecule has 6 nitrogen and oxygen atoms in total. The Labute approximate surface area is 147 Å². The van der Waals surface area contributed by atoms with Gasteiger partial charge in [0.15, 0.2) is 0 Å². The number of sulfonamides is 1. The molecule has 9 heteroatoms. The van der Waals surface area contributed by atoms with Crippen molar-refractivity contribution in [1.29, 1.82) is 0 Å². The van der Waals surface area contributed by atoms with E-state index in [0.717, 1.165) is 11.3 Å². The number of hydrogen-bond acceptors (Lipinski definition) is 5. The summed E-state index contributed by atoms with van der Waals surface area (Å²) < 4.78 is 42.1. The van der Waals surface area contributed by atoms with Crippen LogP contribution in [-0.2, 0) is 16.6 Å². The molecule has 0 saturated heterocycles. The minimum atomic E-state index is -3.91. The molecule has 3 rings (SSSR count). The number of thiophene rings is 1. The van der Waals surface area contributed by atoms with Crippen LogP contribution >= 0.6 is 11.3 Å². The zero-order valence-electron chi connectivity index (χ0n) is 13.1. The number of anilines is 1. The molecule has 0 aliphatic rings. The SMILES string of the molecule is CCn1nc(-c2csc(S(=O)(=O)Nc3ccccc3F)c2)ccc1=O. The van der Waals surface area contributed by atoms with Crippen molar-refractivity contribution in [3.05, 3.63) is 64.0 Å². The molecule has 2 heterocycles. The van der Waals surface area contributed by atoms with Gasteiger partial charge in [-0.2, -0.15) is 5.10 Å². The normalized spacial score (nSPS) is 11.4. The van der Waals surface area contributed by atoms with Gasteiger partial charge in [-0.25, -0.2) is 17.5 Å². The van der Waals surface area contributed by atoms with Gasteiger partial charge >= 0.3 is 0 Å². The number of benzene rings is 1. The molecule has 0 amide bonds. The van der Waals surface area contributed by atoms with E-state index in [1.54, 1.807) is 18.4 Å². The maximum Gasteiger partial charge on any atom is 0.271 e. The van der Waals surface area contributed by atoms with Crippen LogP contribution in [0.2, 0.25) is 0 Å². The van der Waals surface area contributed by atoms with Crippen LogP contribution in [0.15, 0.2) is 56.8 Å². The average Bonchev–Trinajstić information content (AvgIpc) is 3.08. The van der Waals surface area contributed by atoms with Crippen LogP contribution in [0, 0.1) is 5.82 Å². The number of aryl methyl sites for hydroxylation is 1. The Kier molecular flexibility index (Phi) is 4.69. The summed E-state index contributed by atoms with van der Waals surface area (Å²) >= 11 is 0.994. The van der Waals surface area contributed by atoms with E-state index in [1.165, 1.54) is 41.1 Å². The molecule has 0 atom stereocenters. The molecular formula is C16H14FN3O3S2. The summed E-state index contributed by atoms with van der Waals surface area (Å²) in [5, 5.41) is 5.82. The monoisotopic (exact) mass is 379 g/mol. The van der Waals surface area contributed by atoms with Gasteiger partial charge in [0.05, 0.1) is 11.4 Å². The van der Waals surface area contributed by atoms with Crippen LogP contribution in [0.3, 0.4) is 0 Å². The standard InChI is InChI=1S/C16H14FN3O3S2/c1-2-20-15(21)8-7-13(18-20)11-9-16(24-10-11)25(22,23)19-14-6-4-3-5-12(14)17/h3-10,19H,2H2,1H3. The lowest BCUT2D eigenvalue weighted by Crippen LogP contribution is -2.20. The number of nitrogens with one attached hydrogen (secondary N) is 1. The number of hydrogen-bond donors (Lipinski definition) is 1. The van der Waals surface area contributed by atoms with Crippen LogP contribution in [0.5, 0.6) is 0 Å². The zero-order valence-corrected chi connectivity index (χ0v) is 14.8. The fraction of sp³-hybridized carbons (Fsp3) is 0.125. The average molecular weight is 379 g/mol. The van der Waals surface area contributed by atoms with Gasteiger partial charge < -0.3 is 0 Å². The van der Waals surface area contributed by atoms with Gasteiger partial charge in [0.2, 0.25) is 0 Å². The van der Waals surface area contributed by atoms with Crippen molar-refractivity contribution in [2.24, 2.45) is 0 Å². The van der Waals surface area contributed by atoms with E-state index in [2.05, 4.69) is 9.82 Å². The fourth-order valence-corrected chi connectivity index (χ4v) is 4.40. The highest BCUT2D eigenvalue weighted by molar-refractivity contribution is 7.94. The molecule has 0 spiro atoms. The number of rotatable bonds is 5. The van der Waals surface area contributed by atoms with Crippen molar-refractivity contribution in [2.75, 3.05) is 4.72 Å². The number of halogens is 1. The van der Waals surface area contributed by atoms with Gasteiger partial charge in [-0.3, -0.25) is 9.52 Å². The number of nitrogens with zero attached hydrogens (tertiary/aromatic N) is 2. The molecule has 0 unspecified atom stereocenters. The Hall–Kier alpha value is -2.52. The highest BCUT2D eigenvalue weighted by Crippen LogP contribution is 2.28. The second-order valence-electron chi connectivity index (χ2n) is 5.11. The molecule has 2 aromatic heterocycles. The Morgan fingerprint density at radius 1 is 1.24 bits per heavy atom. The van der Waals surface area contributed by atoms with Crippen LogP contribution < -0.4 is 10.3 Å². The van der Waals surface area contributed by atoms with E-state index in [-0.39, 0.29) is 15.5 Å². The Morgan fingerprint density at radius 3 is 2.72 bits per heavy atom. The van der Waals surface area contributed by atoms with Crippen molar-refractivity contribution in [3.8, 4) is 11.3 Å². The Morgan fingerprint density at radius 2 is 2.00 bits per heavy atom. The van der Waals surface area contributed by atoms with Crippen LogP contribution in [0.25, 0.3) is 11.3 Å². The van der Waals surface area contributed by atoms with E-state index in [9.17, 15) is 17.6 Å². The minimum absolute atomic E-state index is 0.0294. The fourth-order valence-electron chi connectivity index (χ4n) is 2.16. The van der Waals surface area contributed by atoms with Gasteiger partial charge in [-0.05, 0) is 31.2 Å². The second-order valence-corrected chi connectivity index (χ2v) is 7.93. The summed E-state index contributed by atoms with van der Waals surface area (Å²) in [5.41, 5.74) is 0.719. The first kappa shape index (κ1) is 17.3. The minimum Gasteiger partial charge on any atom is -0.276 e. The van der Waals surface area contributed by atoms with Crippen molar-refractivity contribution in [1.82, 2.24) is 9.78 Å². The van der Waals surface area contributed by atoms with Gasteiger partial charge in [-0.1, -0.05) is 12.1 Å². The molecule has 3 aromatic rings. The molecule has 1 N–H and O–H groups in total. The molecular weight excluding hydrogens is 365 g/mol. The highest BCUT2D eigenvalue weighted by atomic mass is 32.2.